The van der Waals surface area contributed by atoms with E-state index >= 15 is 0 Å². The van der Waals surface area contributed by atoms with Crippen molar-refractivity contribution in [2.24, 2.45) is 0 Å². The molecule has 0 aromatic heterocycles. The monoisotopic (exact) mass is 498 g/mol. The first-order valence-electron chi connectivity index (χ1n) is 14.6. The van der Waals surface area contributed by atoms with Gasteiger partial charge in [-0.15, -0.1) is 0 Å². The molecule has 35 heavy (non-hydrogen) atoms. The number of carboxylic acids is 1. The van der Waals surface area contributed by atoms with Crippen molar-refractivity contribution < 1.29 is 29.0 Å². The van der Waals surface area contributed by atoms with E-state index in [4.69, 9.17) is 14.6 Å². The fourth-order valence-corrected chi connectivity index (χ4v) is 4.20. The summed E-state index contributed by atoms with van der Waals surface area (Å²) in [5.74, 6) is -1.38. The van der Waals surface area contributed by atoms with Gasteiger partial charge >= 0.3 is 17.9 Å². The van der Waals surface area contributed by atoms with Gasteiger partial charge in [-0.05, 0) is 19.3 Å². The van der Waals surface area contributed by atoms with E-state index in [2.05, 4.69) is 6.92 Å². The van der Waals surface area contributed by atoms with Crippen molar-refractivity contribution in [1.82, 2.24) is 0 Å². The molecule has 0 radical (unpaired) electrons. The molecule has 0 fully saturated rings. The van der Waals surface area contributed by atoms with E-state index < -0.39 is 5.97 Å². The summed E-state index contributed by atoms with van der Waals surface area (Å²) in [6, 6.07) is 0. The number of hydrogen-bond donors (Lipinski definition) is 1. The Hall–Kier alpha value is -1.59. The van der Waals surface area contributed by atoms with Crippen molar-refractivity contribution in [3.05, 3.63) is 0 Å². The van der Waals surface area contributed by atoms with Gasteiger partial charge in [0.1, 0.15) is 0 Å². The SMILES string of the molecule is CCCCCCCCCCCCCCCCCC(=O)OCOC(=O)CCCCCCCCC(=O)O. The molecule has 6 nitrogen and oxygen atoms in total. The maximum atomic E-state index is 11.7. The Morgan fingerprint density at radius 1 is 0.457 bits per heavy atom. The predicted molar refractivity (Wildman–Crippen MR) is 141 cm³/mol. The van der Waals surface area contributed by atoms with Gasteiger partial charge in [0.15, 0.2) is 0 Å². The number of carboxylic acid groups (broad SMARTS) is 1. The summed E-state index contributed by atoms with van der Waals surface area (Å²) in [5.41, 5.74) is 0. The summed E-state index contributed by atoms with van der Waals surface area (Å²) in [6.45, 7) is 1.98. The Bertz CT molecular complexity index is 505. The molecule has 0 aliphatic heterocycles. The number of ether oxygens (including phenoxy) is 2. The maximum Gasteiger partial charge on any atom is 0.308 e. The van der Waals surface area contributed by atoms with Gasteiger partial charge in [0, 0.05) is 19.3 Å². The molecular formula is C29H54O6. The van der Waals surface area contributed by atoms with Crippen LogP contribution in [0.25, 0.3) is 0 Å². The van der Waals surface area contributed by atoms with Gasteiger partial charge in [0.05, 0.1) is 0 Å². The molecule has 6 heteroatoms. The Labute approximate surface area is 214 Å². The highest BCUT2D eigenvalue weighted by Gasteiger charge is 2.06. The van der Waals surface area contributed by atoms with Crippen molar-refractivity contribution in [2.45, 2.75) is 161 Å². The minimum Gasteiger partial charge on any atom is -0.481 e. The average molecular weight is 499 g/mol. The fourth-order valence-electron chi connectivity index (χ4n) is 4.20. The maximum absolute atomic E-state index is 11.7. The van der Waals surface area contributed by atoms with E-state index in [-0.39, 0.29) is 25.2 Å². The predicted octanol–water partition coefficient (Wildman–Crippen LogP) is 8.50. The molecule has 206 valence electrons. The van der Waals surface area contributed by atoms with E-state index in [9.17, 15) is 14.4 Å². The van der Waals surface area contributed by atoms with Crippen molar-refractivity contribution in [3.63, 3.8) is 0 Å². The van der Waals surface area contributed by atoms with Crippen molar-refractivity contribution in [1.29, 1.82) is 0 Å². The van der Waals surface area contributed by atoms with Gasteiger partial charge < -0.3 is 14.6 Å². The van der Waals surface area contributed by atoms with Crippen LogP contribution in [0.3, 0.4) is 0 Å². The van der Waals surface area contributed by atoms with Gasteiger partial charge in [-0.2, -0.15) is 0 Å². The molecule has 0 atom stereocenters. The van der Waals surface area contributed by atoms with Crippen LogP contribution in [-0.4, -0.2) is 29.8 Å². The molecule has 0 aliphatic carbocycles. The summed E-state index contributed by atoms with van der Waals surface area (Å²) < 4.78 is 9.96. The molecule has 0 bridgehead atoms. The second kappa shape index (κ2) is 27.0. The average Bonchev–Trinajstić information content (AvgIpc) is 2.83. The quantitative estimate of drug-likeness (QED) is 0.0693. The molecule has 0 spiro atoms. The van der Waals surface area contributed by atoms with Gasteiger partial charge in [-0.1, -0.05) is 122 Å². The summed E-state index contributed by atoms with van der Waals surface area (Å²) in [4.78, 5) is 33.8. The highest BCUT2D eigenvalue weighted by atomic mass is 16.7. The van der Waals surface area contributed by atoms with Crippen LogP contribution in [0.1, 0.15) is 161 Å². The lowest BCUT2D eigenvalue weighted by Gasteiger charge is -2.07. The molecular weight excluding hydrogens is 444 g/mol. The summed E-state index contributed by atoms with van der Waals surface area (Å²) >= 11 is 0. The fraction of sp³-hybridized carbons (Fsp3) is 0.897. The number of carbonyl (C=O) groups excluding carboxylic acids is 2. The van der Waals surface area contributed by atoms with Crippen molar-refractivity contribution in [3.8, 4) is 0 Å². The van der Waals surface area contributed by atoms with Crippen molar-refractivity contribution in [2.75, 3.05) is 6.79 Å². The van der Waals surface area contributed by atoms with Gasteiger partial charge in [-0.25, -0.2) is 0 Å². The smallest absolute Gasteiger partial charge is 0.308 e. The highest BCUT2D eigenvalue weighted by molar-refractivity contribution is 5.70. The zero-order chi connectivity index (χ0) is 25.8. The Morgan fingerprint density at radius 3 is 1.06 bits per heavy atom. The summed E-state index contributed by atoms with van der Waals surface area (Å²) in [6.07, 6.45) is 25.6. The van der Waals surface area contributed by atoms with Crippen LogP contribution in [0.2, 0.25) is 0 Å². The second-order valence-corrected chi connectivity index (χ2v) is 9.87. The number of aliphatic carboxylic acids is 1. The number of carbonyl (C=O) groups is 3. The molecule has 0 aromatic rings. The van der Waals surface area contributed by atoms with Crippen LogP contribution >= 0.6 is 0 Å². The van der Waals surface area contributed by atoms with E-state index in [0.717, 1.165) is 44.9 Å². The van der Waals surface area contributed by atoms with Crippen molar-refractivity contribution >= 4 is 17.9 Å². The van der Waals surface area contributed by atoms with E-state index in [1.165, 1.54) is 83.5 Å². The molecule has 0 saturated carbocycles. The van der Waals surface area contributed by atoms with E-state index in [0.29, 0.717) is 19.3 Å². The van der Waals surface area contributed by atoms with Crippen LogP contribution in [0.15, 0.2) is 0 Å². The Kier molecular flexibility index (Phi) is 25.8. The third kappa shape index (κ3) is 28.5. The molecule has 0 heterocycles. The molecule has 0 rings (SSSR count). The molecule has 0 unspecified atom stereocenters. The highest BCUT2D eigenvalue weighted by Crippen LogP contribution is 2.14. The second-order valence-electron chi connectivity index (χ2n) is 9.87. The first-order valence-corrected chi connectivity index (χ1v) is 14.6. The van der Waals surface area contributed by atoms with Crippen LogP contribution in [0, 0.1) is 0 Å². The van der Waals surface area contributed by atoms with Gasteiger partial charge in [0.25, 0.3) is 0 Å². The minimum atomic E-state index is -0.747. The lowest BCUT2D eigenvalue weighted by Crippen LogP contribution is -2.12. The number of rotatable bonds is 27. The zero-order valence-electron chi connectivity index (χ0n) is 22.7. The zero-order valence-corrected chi connectivity index (χ0v) is 22.7. The number of hydrogen-bond acceptors (Lipinski definition) is 5. The number of unbranched alkanes of at least 4 members (excludes halogenated alkanes) is 19. The standard InChI is InChI=1S/C29H54O6/c1-2-3-4-5-6-7-8-9-10-11-12-13-14-18-21-24-28(32)34-26-35-29(33)25-22-19-16-15-17-20-23-27(30)31/h2-26H2,1H3,(H,30,31). The third-order valence-electron chi connectivity index (χ3n) is 6.45. The lowest BCUT2D eigenvalue weighted by molar-refractivity contribution is -0.167. The van der Waals surface area contributed by atoms with Crippen LogP contribution < -0.4 is 0 Å². The first kappa shape index (κ1) is 33.4. The molecule has 0 aromatic carbocycles. The summed E-state index contributed by atoms with van der Waals surface area (Å²) in [7, 11) is 0. The molecule has 0 aliphatic rings. The van der Waals surface area contributed by atoms with Crippen LogP contribution in [0.4, 0.5) is 0 Å². The molecule has 0 saturated heterocycles. The molecule has 0 amide bonds. The van der Waals surface area contributed by atoms with Crippen LogP contribution in [0.5, 0.6) is 0 Å². The minimum absolute atomic E-state index is 0.227. The largest absolute Gasteiger partial charge is 0.481 e. The van der Waals surface area contributed by atoms with E-state index in [1.807, 2.05) is 0 Å². The molecule has 1 N–H and O–H groups in total. The summed E-state index contributed by atoms with van der Waals surface area (Å²) in [5, 5.41) is 8.57. The van der Waals surface area contributed by atoms with Gasteiger partial charge in [0.2, 0.25) is 6.79 Å². The van der Waals surface area contributed by atoms with Gasteiger partial charge in [-0.3, -0.25) is 14.4 Å². The Balaban J connectivity index is 3.29. The third-order valence-corrected chi connectivity index (χ3v) is 6.45. The normalized spacial score (nSPS) is 10.9. The van der Waals surface area contributed by atoms with E-state index in [1.54, 1.807) is 0 Å². The lowest BCUT2D eigenvalue weighted by atomic mass is 10.0. The number of esters is 2. The topological polar surface area (TPSA) is 89.9 Å². The van der Waals surface area contributed by atoms with Crippen LogP contribution in [-0.2, 0) is 23.9 Å². The Morgan fingerprint density at radius 2 is 0.743 bits per heavy atom. The first-order chi connectivity index (χ1) is 17.1.